The van der Waals surface area contributed by atoms with Gasteiger partial charge in [0, 0.05) is 5.02 Å². The highest BCUT2D eigenvalue weighted by atomic mass is 35.5. The summed E-state index contributed by atoms with van der Waals surface area (Å²) < 4.78 is 44.1. The molecule has 5 nitrogen and oxygen atoms in total. The zero-order chi connectivity index (χ0) is 18.9. The number of rotatable bonds is 3. The molecule has 0 saturated heterocycles. The summed E-state index contributed by atoms with van der Waals surface area (Å²) >= 11 is 5.92. The normalized spacial score (nSPS) is 13.8. The summed E-state index contributed by atoms with van der Waals surface area (Å²) in [5.41, 5.74) is -0.887. The standard InChI is InChI=1S/C17H12ClF3N2O3/c18-10-5-6-14-13(7-10)23(9-16(25)26-14)8-15(24)22-12-4-2-1-3-11(12)17(19,20)21/h1-7H,8-9H2,(H,22,24). The maximum atomic E-state index is 13.0. The minimum absolute atomic E-state index is 0.221. The second kappa shape index (κ2) is 6.87. The van der Waals surface area contributed by atoms with E-state index in [-0.39, 0.29) is 24.5 Å². The average molecular weight is 385 g/mol. The molecule has 0 fully saturated rings. The van der Waals surface area contributed by atoms with Crippen molar-refractivity contribution in [1.29, 1.82) is 0 Å². The Morgan fingerprint density at radius 2 is 1.96 bits per heavy atom. The fourth-order valence-electron chi connectivity index (χ4n) is 2.56. The molecule has 136 valence electrons. The van der Waals surface area contributed by atoms with Gasteiger partial charge in [0.2, 0.25) is 5.91 Å². The Balaban J connectivity index is 1.80. The number of halogens is 4. The van der Waals surface area contributed by atoms with Gasteiger partial charge in [-0.3, -0.25) is 4.79 Å². The summed E-state index contributed by atoms with van der Waals surface area (Å²) in [6, 6.07) is 9.18. The van der Waals surface area contributed by atoms with Crippen LogP contribution in [0.2, 0.25) is 5.02 Å². The summed E-state index contributed by atoms with van der Waals surface area (Å²) in [4.78, 5) is 25.3. The van der Waals surface area contributed by atoms with Gasteiger partial charge in [-0.05, 0) is 30.3 Å². The van der Waals surface area contributed by atoms with Crippen molar-refractivity contribution in [3.8, 4) is 5.75 Å². The van der Waals surface area contributed by atoms with E-state index in [9.17, 15) is 22.8 Å². The predicted molar refractivity (Wildman–Crippen MR) is 89.4 cm³/mol. The number of nitrogens with one attached hydrogen (secondary N) is 1. The number of anilines is 2. The highest BCUT2D eigenvalue weighted by Crippen LogP contribution is 2.36. The Hall–Kier alpha value is -2.74. The summed E-state index contributed by atoms with van der Waals surface area (Å²) in [7, 11) is 0. The lowest BCUT2D eigenvalue weighted by Crippen LogP contribution is -2.41. The van der Waals surface area contributed by atoms with Crippen LogP contribution in [0.5, 0.6) is 5.75 Å². The first-order chi connectivity index (χ1) is 12.2. The molecule has 3 rings (SSSR count). The number of carbonyl (C=O) groups is 2. The van der Waals surface area contributed by atoms with E-state index in [1.54, 1.807) is 0 Å². The monoisotopic (exact) mass is 384 g/mol. The van der Waals surface area contributed by atoms with Crippen LogP contribution in [0.3, 0.4) is 0 Å². The lowest BCUT2D eigenvalue weighted by molar-refractivity contribution is -0.137. The van der Waals surface area contributed by atoms with Gasteiger partial charge >= 0.3 is 12.1 Å². The number of carbonyl (C=O) groups excluding carboxylic acids is 2. The Labute approximate surface area is 151 Å². The molecule has 1 N–H and O–H groups in total. The predicted octanol–water partition coefficient (Wildman–Crippen LogP) is 3.72. The van der Waals surface area contributed by atoms with Crippen LogP contribution in [-0.2, 0) is 15.8 Å². The second-order valence-corrected chi connectivity index (χ2v) is 5.97. The molecule has 1 heterocycles. The van der Waals surface area contributed by atoms with Crippen molar-refractivity contribution < 1.29 is 27.5 Å². The Kier molecular flexibility index (Phi) is 4.78. The van der Waals surface area contributed by atoms with Crippen molar-refractivity contribution in [2.24, 2.45) is 0 Å². The van der Waals surface area contributed by atoms with E-state index in [4.69, 9.17) is 16.3 Å². The molecule has 0 aliphatic carbocycles. The van der Waals surface area contributed by atoms with Crippen LogP contribution < -0.4 is 15.0 Å². The summed E-state index contributed by atoms with van der Waals surface area (Å²) in [6.45, 7) is -0.559. The van der Waals surface area contributed by atoms with E-state index in [1.165, 1.54) is 35.2 Å². The molecule has 0 radical (unpaired) electrons. The van der Waals surface area contributed by atoms with Crippen LogP contribution in [0.25, 0.3) is 0 Å². The van der Waals surface area contributed by atoms with Crippen molar-refractivity contribution in [3.63, 3.8) is 0 Å². The molecule has 0 atom stereocenters. The van der Waals surface area contributed by atoms with E-state index in [0.29, 0.717) is 10.7 Å². The first-order valence-electron chi connectivity index (χ1n) is 7.45. The highest BCUT2D eigenvalue weighted by Gasteiger charge is 2.34. The van der Waals surface area contributed by atoms with Gasteiger partial charge in [-0.15, -0.1) is 0 Å². The third-order valence-corrected chi connectivity index (χ3v) is 3.88. The molecule has 2 aromatic carbocycles. The van der Waals surface area contributed by atoms with Crippen molar-refractivity contribution in [1.82, 2.24) is 0 Å². The Morgan fingerprint density at radius 3 is 2.69 bits per heavy atom. The molecular formula is C17H12ClF3N2O3. The quantitative estimate of drug-likeness (QED) is 0.647. The number of para-hydroxylation sites is 1. The average Bonchev–Trinajstić information content (AvgIpc) is 2.55. The van der Waals surface area contributed by atoms with Crippen LogP contribution in [0.15, 0.2) is 42.5 Å². The molecule has 0 bridgehead atoms. The minimum atomic E-state index is -4.60. The number of nitrogens with zero attached hydrogens (tertiary/aromatic N) is 1. The van der Waals surface area contributed by atoms with Gasteiger partial charge in [-0.25, -0.2) is 4.79 Å². The highest BCUT2D eigenvalue weighted by molar-refractivity contribution is 6.31. The van der Waals surface area contributed by atoms with Gasteiger partial charge < -0.3 is 15.0 Å². The van der Waals surface area contributed by atoms with E-state index in [0.717, 1.165) is 12.1 Å². The lowest BCUT2D eigenvalue weighted by Gasteiger charge is -2.29. The van der Waals surface area contributed by atoms with E-state index < -0.39 is 23.6 Å². The molecule has 26 heavy (non-hydrogen) atoms. The number of benzene rings is 2. The van der Waals surface area contributed by atoms with Gasteiger partial charge in [0.15, 0.2) is 5.75 Å². The fourth-order valence-corrected chi connectivity index (χ4v) is 2.73. The number of fused-ring (bicyclic) bond motifs is 1. The van der Waals surface area contributed by atoms with E-state index >= 15 is 0 Å². The minimum Gasteiger partial charge on any atom is -0.423 e. The van der Waals surface area contributed by atoms with Crippen LogP contribution in [0, 0.1) is 0 Å². The number of ether oxygens (including phenoxy) is 1. The first-order valence-corrected chi connectivity index (χ1v) is 7.83. The first kappa shape index (κ1) is 18.1. The fraction of sp³-hybridized carbons (Fsp3) is 0.176. The van der Waals surface area contributed by atoms with Crippen LogP contribution in [-0.4, -0.2) is 25.0 Å². The largest absolute Gasteiger partial charge is 0.423 e. The molecule has 0 aromatic heterocycles. The summed E-state index contributed by atoms with van der Waals surface area (Å²) in [5.74, 6) is -1.06. The number of hydrogen-bond acceptors (Lipinski definition) is 4. The molecule has 0 saturated carbocycles. The second-order valence-electron chi connectivity index (χ2n) is 5.53. The van der Waals surface area contributed by atoms with Gasteiger partial charge in [-0.2, -0.15) is 13.2 Å². The topological polar surface area (TPSA) is 58.6 Å². The number of amides is 1. The molecule has 1 aliphatic rings. The van der Waals surface area contributed by atoms with Crippen LogP contribution >= 0.6 is 11.6 Å². The molecule has 1 aliphatic heterocycles. The van der Waals surface area contributed by atoms with Crippen molar-refractivity contribution in [2.75, 3.05) is 23.3 Å². The van der Waals surface area contributed by atoms with Gasteiger partial charge in [0.05, 0.1) is 23.5 Å². The van der Waals surface area contributed by atoms with E-state index in [1.807, 2.05) is 0 Å². The maximum absolute atomic E-state index is 13.0. The van der Waals surface area contributed by atoms with Gasteiger partial charge in [0.25, 0.3) is 0 Å². The molecule has 1 amide bonds. The summed E-state index contributed by atoms with van der Waals surface area (Å²) in [6.07, 6.45) is -4.60. The maximum Gasteiger partial charge on any atom is 0.418 e. The van der Waals surface area contributed by atoms with Crippen molar-refractivity contribution in [3.05, 3.63) is 53.1 Å². The van der Waals surface area contributed by atoms with Crippen LogP contribution in [0.4, 0.5) is 24.5 Å². The van der Waals surface area contributed by atoms with Gasteiger partial charge in [-0.1, -0.05) is 23.7 Å². The zero-order valence-corrected chi connectivity index (χ0v) is 13.9. The third-order valence-electron chi connectivity index (χ3n) is 3.65. The molecule has 0 unspecified atom stereocenters. The van der Waals surface area contributed by atoms with Crippen molar-refractivity contribution in [2.45, 2.75) is 6.18 Å². The third kappa shape index (κ3) is 3.91. The Bertz CT molecular complexity index is 871. The molecular weight excluding hydrogens is 373 g/mol. The summed E-state index contributed by atoms with van der Waals surface area (Å²) in [5, 5.41) is 2.61. The molecule has 2 aromatic rings. The SMILES string of the molecule is O=C(CN1CC(=O)Oc2ccc(Cl)cc21)Nc1ccccc1C(F)(F)F. The lowest BCUT2D eigenvalue weighted by atomic mass is 10.1. The Morgan fingerprint density at radius 1 is 1.23 bits per heavy atom. The zero-order valence-electron chi connectivity index (χ0n) is 13.1. The van der Waals surface area contributed by atoms with E-state index in [2.05, 4.69) is 5.32 Å². The van der Waals surface area contributed by atoms with Crippen molar-refractivity contribution >= 4 is 34.9 Å². The number of esters is 1. The number of hydrogen-bond donors (Lipinski definition) is 1. The van der Waals surface area contributed by atoms with Gasteiger partial charge in [0.1, 0.15) is 6.54 Å². The van der Waals surface area contributed by atoms with Crippen LogP contribution in [0.1, 0.15) is 5.56 Å². The smallest absolute Gasteiger partial charge is 0.418 e. The molecule has 0 spiro atoms. The molecule has 9 heteroatoms. The number of alkyl halides is 3.